The van der Waals surface area contributed by atoms with Gasteiger partial charge in [0.1, 0.15) is 24.7 Å². The first kappa shape index (κ1) is 44.2. The molecule has 3 rings (SSSR count). The summed E-state index contributed by atoms with van der Waals surface area (Å²) in [6, 6.07) is 6.26. The highest BCUT2D eigenvalue weighted by molar-refractivity contribution is 6.36. The molecule has 19 nitrogen and oxygen atoms in total. The van der Waals surface area contributed by atoms with Crippen molar-refractivity contribution in [3.8, 4) is 12.1 Å². The normalized spacial score (nSPS) is 11.1. The first-order valence-electron chi connectivity index (χ1n) is 13.0. The summed E-state index contributed by atoms with van der Waals surface area (Å²) >= 11 is 0. The number of primary amides is 1. The summed E-state index contributed by atoms with van der Waals surface area (Å²) in [5.74, 6) is -2.55. The number of esters is 3. The van der Waals surface area contributed by atoms with Crippen LogP contribution in [0.2, 0.25) is 0 Å². The van der Waals surface area contributed by atoms with Gasteiger partial charge in [-0.3, -0.25) is 9.59 Å². The van der Waals surface area contributed by atoms with Gasteiger partial charge in [0.2, 0.25) is 6.29 Å². The number of carbonyl (C=O) groups excluding carboxylic acids is 5. The molecule has 0 aromatic carbocycles. The van der Waals surface area contributed by atoms with Gasteiger partial charge in [0.25, 0.3) is 5.91 Å². The summed E-state index contributed by atoms with van der Waals surface area (Å²) in [7, 11) is 0. The predicted molar refractivity (Wildman–Crippen MR) is 157 cm³/mol. The Morgan fingerprint density at radius 1 is 1.07 bits per heavy atom. The Morgan fingerprint density at radius 2 is 1.67 bits per heavy atom. The quantitative estimate of drug-likeness (QED) is 0.0814. The fourth-order valence-corrected chi connectivity index (χ4v) is 1.94. The van der Waals surface area contributed by atoms with Gasteiger partial charge >= 0.3 is 24.0 Å². The zero-order chi connectivity index (χ0) is 35.6. The second-order valence-electron chi connectivity index (χ2n) is 7.04. The number of rotatable bonds is 8. The molecule has 2 N–H and O–H groups in total. The van der Waals surface area contributed by atoms with Crippen molar-refractivity contribution >= 4 is 35.8 Å². The molecule has 0 aliphatic carbocycles. The molecule has 3 heterocycles. The van der Waals surface area contributed by atoms with Gasteiger partial charge < -0.3 is 43.8 Å². The molecular formula is C27H36N6O13. The van der Waals surface area contributed by atoms with Crippen molar-refractivity contribution in [2.45, 2.75) is 47.1 Å². The van der Waals surface area contributed by atoms with Crippen LogP contribution >= 0.6 is 0 Å². The number of carbonyl (C=O) groups is 5. The largest absolute Gasteiger partial charge is 0.502 e. The van der Waals surface area contributed by atoms with Gasteiger partial charge in [0.15, 0.2) is 17.1 Å². The van der Waals surface area contributed by atoms with Crippen molar-refractivity contribution in [3.05, 3.63) is 59.1 Å². The first-order chi connectivity index (χ1) is 22.0. The number of nitrogens with two attached hydrogens (primary N) is 1. The number of hydrogen-bond donors (Lipinski definition) is 1. The van der Waals surface area contributed by atoms with Crippen LogP contribution in [0.25, 0.3) is 5.01 Å². The molecule has 252 valence electrons. The van der Waals surface area contributed by atoms with E-state index < -0.39 is 17.8 Å². The zero-order valence-electron chi connectivity index (χ0n) is 25.9. The number of amides is 1. The van der Waals surface area contributed by atoms with Crippen LogP contribution in [0.5, 0.6) is 0 Å². The number of oxime groups is 1. The van der Waals surface area contributed by atoms with Gasteiger partial charge in [0, 0.05) is 23.6 Å². The van der Waals surface area contributed by atoms with Gasteiger partial charge in [-0.1, -0.05) is 22.0 Å². The average Bonchev–Trinajstić information content (AvgIpc) is 3.84. The number of aldehydes is 1. The third kappa shape index (κ3) is 27.9. The van der Waals surface area contributed by atoms with Gasteiger partial charge in [-0.05, 0) is 34.6 Å². The van der Waals surface area contributed by atoms with Crippen LogP contribution in [-0.2, 0) is 43.0 Å². The maximum absolute atomic E-state index is 11.0. The molecule has 46 heavy (non-hydrogen) atoms. The molecular weight excluding hydrogens is 616 g/mol. The second kappa shape index (κ2) is 31.7. The molecule has 1 atom stereocenters. The molecule has 2 aromatic rings. The highest BCUT2D eigenvalue weighted by Crippen LogP contribution is 2.09. The molecule has 0 spiro atoms. The van der Waals surface area contributed by atoms with Crippen LogP contribution in [0.15, 0.2) is 51.7 Å². The summed E-state index contributed by atoms with van der Waals surface area (Å²) in [6.45, 7) is 13.7. The molecule has 0 bridgehead atoms. The van der Waals surface area contributed by atoms with E-state index in [4.69, 9.17) is 20.6 Å². The maximum atomic E-state index is 11.0. The van der Waals surface area contributed by atoms with E-state index in [0.717, 1.165) is 6.61 Å². The standard InChI is InChI=1S/C7H11NO3.C4H4N2O2.C4H2N2O.C4H5NO3.C4H6O3.C4H8O/c1-3-10-7(9)6-4-5(2)11-8-6;5-4(7)3-1-2-8-6-3;5-3-4-1-2-7-6-4;1-2-8-4(6)3-5-7;1-2-7-4(6)3-5;1-3-5-4-2/h5H,3-4H2,1-2H3;1-2H,(H2,5,7);1-2H;2H2,1H3;3H,2H2,1H3;3H,1,4H2,2H3. The Kier molecular flexibility index (Phi) is 30.5. The molecule has 1 unspecified atom stereocenters. The summed E-state index contributed by atoms with van der Waals surface area (Å²) in [6.07, 6.45) is 4.79. The Hall–Kier alpha value is -6.24. The topological polar surface area (TPSA) is 273 Å². The monoisotopic (exact) mass is 652 g/mol. The summed E-state index contributed by atoms with van der Waals surface area (Å²) in [4.78, 5) is 55.2. The van der Waals surface area contributed by atoms with Gasteiger partial charge in [0.05, 0.1) is 32.7 Å². The second-order valence-corrected chi connectivity index (χ2v) is 7.04. The van der Waals surface area contributed by atoms with Gasteiger partial charge in [-0.2, -0.15) is 5.26 Å². The molecule has 1 aliphatic heterocycles. The number of aromatic nitrogens is 2. The van der Waals surface area contributed by atoms with Crippen LogP contribution in [0.3, 0.4) is 0 Å². The van der Waals surface area contributed by atoms with Gasteiger partial charge in [-0.15, -0.1) is 0 Å². The van der Waals surface area contributed by atoms with E-state index in [1.54, 1.807) is 32.9 Å². The van der Waals surface area contributed by atoms with E-state index in [9.17, 15) is 29.2 Å². The number of nitriles is 1. The highest BCUT2D eigenvalue weighted by atomic mass is 16.6. The van der Waals surface area contributed by atoms with Crippen LogP contribution in [0, 0.1) is 22.6 Å². The Balaban J connectivity index is -0.000000490. The summed E-state index contributed by atoms with van der Waals surface area (Å²) < 4.78 is 26.4. The average molecular weight is 653 g/mol. The molecule has 1 aliphatic rings. The van der Waals surface area contributed by atoms with Crippen LogP contribution in [0.1, 0.15) is 57.2 Å². The Morgan fingerprint density at radius 3 is 1.96 bits per heavy atom. The molecule has 0 saturated carbocycles. The Bertz CT molecular complexity index is 1260. The lowest BCUT2D eigenvalue weighted by molar-refractivity contribution is -0.148. The third-order valence-corrected chi connectivity index (χ3v) is 3.66. The predicted octanol–water partition coefficient (Wildman–Crippen LogP) is 2.33. The Labute approximate surface area is 264 Å². The van der Waals surface area contributed by atoms with E-state index in [0.29, 0.717) is 24.4 Å². The minimum absolute atomic E-state index is 0.00871. The third-order valence-electron chi connectivity index (χ3n) is 3.66. The molecule has 0 saturated heterocycles. The van der Waals surface area contributed by atoms with E-state index in [-0.39, 0.29) is 37.3 Å². The van der Waals surface area contributed by atoms with Crippen molar-refractivity contribution in [3.63, 3.8) is 0 Å². The van der Waals surface area contributed by atoms with Crippen molar-refractivity contribution in [1.82, 2.24) is 10.3 Å². The highest BCUT2D eigenvalue weighted by Gasteiger charge is 2.23. The molecule has 2 aromatic heterocycles. The van der Waals surface area contributed by atoms with Crippen molar-refractivity contribution in [2.75, 3.05) is 26.4 Å². The lowest BCUT2D eigenvalue weighted by atomic mass is 10.2. The number of ether oxygens (including phenoxy) is 4. The van der Waals surface area contributed by atoms with E-state index in [1.165, 1.54) is 30.9 Å². The minimum atomic E-state index is -0.817. The van der Waals surface area contributed by atoms with Crippen molar-refractivity contribution in [1.29, 1.82) is 5.26 Å². The fraction of sp³-hybridized carbons (Fsp3) is 0.407. The number of hydrogen-bond acceptors (Lipinski definition) is 17. The van der Waals surface area contributed by atoms with E-state index in [2.05, 4.69) is 50.3 Å². The van der Waals surface area contributed by atoms with Crippen molar-refractivity contribution in [2.24, 2.45) is 10.9 Å². The molecule has 0 radical (unpaired) electrons. The summed E-state index contributed by atoms with van der Waals surface area (Å²) in [5, 5.41) is 29.5. The smallest absolute Gasteiger partial charge is 0.461 e. The fourth-order valence-electron chi connectivity index (χ4n) is 1.94. The van der Waals surface area contributed by atoms with Crippen LogP contribution in [-0.4, -0.2) is 78.7 Å². The molecule has 19 heteroatoms. The summed E-state index contributed by atoms with van der Waals surface area (Å²) in [5.41, 5.74) is 5.66. The zero-order valence-corrected chi connectivity index (χ0v) is 25.9. The van der Waals surface area contributed by atoms with E-state index in [1.807, 2.05) is 13.8 Å². The molecule has 1 amide bonds. The first-order valence-corrected chi connectivity index (χ1v) is 13.0. The van der Waals surface area contributed by atoms with Crippen LogP contribution < -0.4 is 5.73 Å². The van der Waals surface area contributed by atoms with Crippen molar-refractivity contribution < 1.29 is 56.8 Å². The van der Waals surface area contributed by atoms with Crippen LogP contribution in [0.4, 0.5) is 0 Å². The molecule has 0 fully saturated rings. The van der Waals surface area contributed by atoms with E-state index >= 15 is 0 Å². The number of nitrogens with zero attached hydrogens (tertiary/aromatic N) is 5. The lowest BCUT2D eigenvalue weighted by Gasteiger charge is -1.98. The lowest BCUT2D eigenvalue weighted by Crippen LogP contribution is -2.16. The minimum Gasteiger partial charge on any atom is -0.502 e. The maximum Gasteiger partial charge on any atom is 0.461 e. The van der Waals surface area contributed by atoms with Gasteiger partial charge in [-0.25, -0.2) is 14.4 Å². The SMILES string of the molecule is C=COCC.CCOC(=O)C#[N+][O-].CCOC(=O)C1=NOC(C)C1.CCOC(=O)C=O.N#Cc1ccon1.NC(=O)c1ccon1.